The number of hydrogen-bond acceptors (Lipinski definition) is 3. The van der Waals surface area contributed by atoms with Crippen molar-refractivity contribution in [3.63, 3.8) is 0 Å². The topological polar surface area (TPSA) is 58.2 Å². The van der Waals surface area contributed by atoms with Crippen LogP contribution in [0.25, 0.3) is 0 Å². The van der Waals surface area contributed by atoms with Crippen LogP contribution in [0.4, 0.5) is 0 Å². The lowest BCUT2D eigenvalue weighted by Crippen LogP contribution is -2.30. The minimum absolute atomic E-state index is 0. The van der Waals surface area contributed by atoms with Crippen molar-refractivity contribution in [1.82, 2.24) is 10.0 Å². The summed E-state index contributed by atoms with van der Waals surface area (Å²) in [4.78, 5) is 0.115. The first-order chi connectivity index (χ1) is 8.50. The zero-order valence-corrected chi connectivity index (χ0v) is 14.0. The number of benzene rings is 1. The quantitative estimate of drug-likeness (QED) is 0.831. The van der Waals surface area contributed by atoms with Crippen molar-refractivity contribution in [3.8, 4) is 0 Å². The van der Waals surface area contributed by atoms with E-state index in [1.807, 2.05) is 0 Å². The zero-order valence-electron chi connectivity index (χ0n) is 10.0. The van der Waals surface area contributed by atoms with E-state index in [0.717, 1.165) is 19.5 Å². The summed E-state index contributed by atoms with van der Waals surface area (Å²) in [5.74, 6) is 0.353. The van der Waals surface area contributed by atoms with E-state index in [9.17, 15) is 8.42 Å². The SMILES string of the molecule is Cl.O=S(=O)(NCC1CCNC1)c1cccc(Br)c1Cl. The predicted octanol–water partition coefficient (Wildman–Crippen LogP) is 2.41. The van der Waals surface area contributed by atoms with Crippen molar-refractivity contribution in [3.05, 3.63) is 27.7 Å². The zero-order chi connectivity index (χ0) is 13.2. The van der Waals surface area contributed by atoms with E-state index < -0.39 is 10.0 Å². The number of rotatable bonds is 4. The third kappa shape index (κ3) is 4.31. The van der Waals surface area contributed by atoms with E-state index in [1.165, 1.54) is 6.07 Å². The summed E-state index contributed by atoms with van der Waals surface area (Å²) in [7, 11) is -3.54. The fourth-order valence-electron chi connectivity index (χ4n) is 1.89. The first-order valence-corrected chi connectivity index (χ1v) is 8.30. The molecular formula is C11H15BrCl2N2O2S. The van der Waals surface area contributed by atoms with Gasteiger partial charge in [-0.15, -0.1) is 12.4 Å². The molecule has 0 spiro atoms. The minimum Gasteiger partial charge on any atom is -0.316 e. The van der Waals surface area contributed by atoms with Gasteiger partial charge < -0.3 is 5.32 Å². The van der Waals surface area contributed by atoms with Crippen LogP contribution in [0.3, 0.4) is 0 Å². The molecule has 1 unspecified atom stereocenters. The molecule has 1 aliphatic rings. The van der Waals surface area contributed by atoms with E-state index in [4.69, 9.17) is 11.6 Å². The first-order valence-electron chi connectivity index (χ1n) is 5.65. The maximum Gasteiger partial charge on any atom is 0.242 e. The van der Waals surface area contributed by atoms with Crippen molar-refractivity contribution in [2.75, 3.05) is 19.6 Å². The average molecular weight is 390 g/mol. The molecule has 1 aliphatic heterocycles. The lowest BCUT2D eigenvalue weighted by molar-refractivity contribution is 0.539. The van der Waals surface area contributed by atoms with Crippen LogP contribution in [0.1, 0.15) is 6.42 Å². The smallest absolute Gasteiger partial charge is 0.242 e. The molecule has 19 heavy (non-hydrogen) atoms. The Hall–Kier alpha value is 0.150. The summed E-state index contributed by atoms with van der Waals surface area (Å²) in [5, 5.41) is 3.42. The first kappa shape index (κ1) is 17.2. The van der Waals surface area contributed by atoms with Crippen molar-refractivity contribution < 1.29 is 8.42 Å². The Labute approximate surface area is 132 Å². The molecule has 0 saturated carbocycles. The van der Waals surface area contributed by atoms with Crippen molar-refractivity contribution >= 4 is 50.0 Å². The highest BCUT2D eigenvalue weighted by atomic mass is 79.9. The van der Waals surface area contributed by atoms with Crippen LogP contribution in [0.5, 0.6) is 0 Å². The van der Waals surface area contributed by atoms with Crippen molar-refractivity contribution in [2.24, 2.45) is 5.92 Å². The molecular weight excluding hydrogens is 375 g/mol. The lowest BCUT2D eigenvalue weighted by Gasteiger charge is -2.12. The third-order valence-electron chi connectivity index (χ3n) is 2.93. The molecule has 2 N–H and O–H groups in total. The molecule has 4 nitrogen and oxygen atoms in total. The molecule has 108 valence electrons. The fourth-order valence-corrected chi connectivity index (χ4v) is 4.03. The van der Waals surface area contributed by atoms with Crippen LogP contribution in [0, 0.1) is 5.92 Å². The summed E-state index contributed by atoms with van der Waals surface area (Å²) in [5.41, 5.74) is 0. The third-order valence-corrected chi connectivity index (χ3v) is 5.80. The van der Waals surface area contributed by atoms with Gasteiger partial charge in [-0.05, 0) is 53.5 Å². The van der Waals surface area contributed by atoms with Gasteiger partial charge in [-0.1, -0.05) is 17.7 Å². The van der Waals surface area contributed by atoms with Gasteiger partial charge in [0.05, 0.1) is 5.02 Å². The second-order valence-corrected chi connectivity index (χ2v) is 7.23. The molecule has 0 aromatic heterocycles. The Morgan fingerprint density at radius 2 is 2.21 bits per heavy atom. The van der Waals surface area contributed by atoms with Gasteiger partial charge in [0.15, 0.2) is 0 Å². The van der Waals surface area contributed by atoms with Crippen LogP contribution < -0.4 is 10.0 Å². The maximum atomic E-state index is 12.1. The molecule has 0 radical (unpaired) electrons. The Balaban J connectivity index is 0.00000180. The maximum absolute atomic E-state index is 12.1. The van der Waals surface area contributed by atoms with Gasteiger partial charge in [0.25, 0.3) is 0 Å². The standard InChI is InChI=1S/C11H14BrClN2O2S.ClH/c12-9-2-1-3-10(11(9)13)18(16,17)15-7-8-4-5-14-6-8;/h1-3,8,14-15H,4-7H2;1H. The van der Waals surface area contributed by atoms with Crippen LogP contribution in [0.15, 0.2) is 27.6 Å². The number of sulfonamides is 1. The van der Waals surface area contributed by atoms with Gasteiger partial charge >= 0.3 is 0 Å². The minimum atomic E-state index is -3.54. The molecule has 1 heterocycles. The molecule has 1 atom stereocenters. The van der Waals surface area contributed by atoms with Crippen LogP contribution in [0.2, 0.25) is 5.02 Å². The lowest BCUT2D eigenvalue weighted by atomic mass is 10.1. The number of hydrogen-bond donors (Lipinski definition) is 2. The van der Waals surface area contributed by atoms with E-state index in [1.54, 1.807) is 12.1 Å². The van der Waals surface area contributed by atoms with E-state index in [2.05, 4.69) is 26.0 Å². The number of halogens is 3. The van der Waals surface area contributed by atoms with Gasteiger partial charge in [-0.2, -0.15) is 0 Å². The van der Waals surface area contributed by atoms with Gasteiger partial charge in [0, 0.05) is 11.0 Å². The predicted molar refractivity (Wildman–Crippen MR) is 82.6 cm³/mol. The highest BCUT2D eigenvalue weighted by Crippen LogP contribution is 2.29. The highest BCUT2D eigenvalue weighted by molar-refractivity contribution is 9.10. The number of nitrogens with one attached hydrogen (secondary N) is 2. The Kier molecular flexibility index (Phi) is 6.56. The summed E-state index contributed by atoms with van der Waals surface area (Å²) >= 11 is 9.22. The van der Waals surface area contributed by atoms with Gasteiger partial charge in [0.2, 0.25) is 10.0 Å². The Morgan fingerprint density at radius 1 is 1.47 bits per heavy atom. The highest BCUT2D eigenvalue weighted by Gasteiger charge is 2.22. The molecule has 1 saturated heterocycles. The second-order valence-electron chi connectivity index (χ2n) is 4.26. The molecule has 2 rings (SSSR count). The van der Waals surface area contributed by atoms with Gasteiger partial charge in [0.1, 0.15) is 4.90 Å². The molecule has 0 aliphatic carbocycles. The molecule has 0 bridgehead atoms. The summed E-state index contributed by atoms with van der Waals surface area (Å²) < 4.78 is 27.4. The van der Waals surface area contributed by atoms with E-state index in [0.29, 0.717) is 16.9 Å². The Bertz CT molecular complexity index is 533. The van der Waals surface area contributed by atoms with Gasteiger partial charge in [-0.25, -0.2) is 13.1 Å². The monoisotopic (exact) mass is 388 g/mol. The fraction of sp³-hybridized carbons (Fsp3) is 0.455. The van der Waals surface area contributed by atoms with Crippen molar-refractivity contribution in [1.29, 1.82) is 0 Å². The van der Waals surface area contributed by atoms with Crippen LogP contribution >= 0.6 is 39.9 Å². The van der Waals surface area contributed by atoms with Crippen LogP contribution in [-0.4, -0.2) is 28.1 Å². The van der Waals surface area contributed by atoms with Gasteiger partial charge in [-0.3, -0.25) is 0 Å². The summed E-state index contributed by atoms with van der Waals surface area (Å²) in [6, 6.07) is 4.87. The average Bonchev–Trinajstić information content (AvgIpc) is 2.83. The summed E-state index contributed by atoms with van der Waals surface area (Å²) in [6.07, 6.45) is 0.995. The van der Waals surface area contributed by atoms with E-state index in [-0.39, 0.29) is 22.3 Å². The molecule has 1 aromatic carbocycles. The van der Waals surface area contributed by atoms with Crippen LogP contribution in [-0.2, 0) is 10.0 Å². The second kappa shape index (κ2) is 7.24. The van der Waals surface area contributed by atoms with E-state index >= 15 is 0 Å². The molecule has 1 fully saturated rings. The normalized spacial score (nSPS) is 19.2. The largest absolute Gasteiger partial charge is 0.316 e. The molecule has 1 aromatic rings. The molecule has 0 amide bonds. The molecule has 8 heteroatoms. The Morgan fingerprint density at radius 3 is 2.84 bits per heavy atom. The summed E-state index contributed by atoms with van der Waals surface area (Å²) in [6.45, 7) is 2.25. The van der Waals surface area contributed by atoms with Crippen molar-refractivity contribution in [2.45, 2.75) is 11.3 Å².